The van der Waals surface area contributed by atoms with E-state index in [1.54, 1.807) is 0 Å². The van der Waals surface area contributed by atoms with Crippen molar-refractivity contribution in [2.75, 3.05) is 40.9 Å². The summed E-state index contributed by atoms with van der Waals surface area (Å²) in [6.45, 7) is 6.97. The Balaban J connectivity index is 5.18. The molecular weight excluding hydrogens is 976 g/mol. The molecule has 0 aromatic rings. The molecule has 0 aliphatic rings. The van der Waals surface area contributed by atoms with Crippen molar-refractivity contribution in [1.29, 1.82) is 0 Å². The quantitative estimate of drug-likeness (QED) is 0.0156. The summed E-state index contributed by atoms with van der Waals surface area (Å²) in [6.07, 6.45) is 72.1. The van der Waals surface area contributed by atoms with E-state index >= 15 is 0 Å². The highest BCUT2D eigenvalue weighted by atomic mass is 31.2. The van der Waals surface area contributed by atoms with E-state index in [0.29, 0.717) is 17.4 Å². The zero-order chi connectivity index (χ0) is 56.4. The lowest BCUT2D eigenvalue weighted by atomic mass is 10.0. The molecule has 0 bridgehead atoms. The number of nitrogens with zero attached hydrogens (tertiary/aromatic N) is 1. The largest absolute Gasteiger partial charge is 0.472 e. The second-order valence-corrected chi connectivity index (χ2v) is 24.8. The molecule has 10 heteroatoms. The number of likely N-dealkylation sites (N-methyl/N-ethyl adjacent to an activating group) is 1. The molecule has 0 fully saturated rings. The van der Waals surface area contributed by atoms with Crippen molar-refractivity contribution in [3.63, 3.8) is 0 Å². The Morgan fingerprint density at radius 3 is 1.27 bits per heavy atom. The highest BCUT2D eigenvalue weighted by Crippen LogP contribution is 2.43. The molecule has 0 heterocycles. The van der Waals surface area contributed by atoms with Crippen LogP contribution >= 0.6 is 7.82 Å². The molecule has 77 heavy (non-hydrogen) atoms. The molecule has 0 aromatic carbocycles. The number of unbranched alkanes of at least 4 members (excludes halogenated alkanes) is 36. The summed E-state index contributed by atoms with van der Waals surface area (Å²) in [5.41, 5.74) is 0. The number of rotatable bonds is 59. The molecule has 0 radical (unpaired) electrons. The molecular formula is C67H126N2O7P+. The molecule has 0 aromatic heterocycles. The van der Waals surface area contributed by atoms with Crippen LogP contribution in [-0.4, -0.2) is 74.3 Å². The van der Waals surface area contributed by atoms with Crippen molar-refractivity contribution in [1.82, 2.24) is 5.32 Å². The van der Waals surface area contributed by atoms with E-state index in [1.807, 2.05) is 33.3 Å². The summed E-state index contributed by atoms with van der Waals surface area (Å²) in [6, 6.07) is -0.855. The van der Waals surface area contributed by atoms with Crippen molar-refractivity contribution in [3.05, 3.63) is 60.8 Å². The van der Waals surface area contributed by atoms with Gasteiger partial charge < -0.3 is 19.4 Å². The fourth-order valence-electron chi connectivity index (χ4n) is 9.37. The number of carbonyl (C=O) groups excluding carboxylic acids is 2. The van der Waals surface area contributed by atoms with Gasteiger partial charge in [0.1, 0.15) is 19.3 Å². The van der Waals surface area contributed by atoms with Crippen LogP contribution < -0.4 is 5.32 Å². The van der Waals surface area contributed by atoms with E-state index in [-0.39, 0.29) is 31.5 Å². The second kappa shape index (κ2) is 57.0. The average molecular weight is 1100 g/mol. The van der Waals surface area contributed by atoms with Crippen LogP contribution in [0.5, 0.6) is 0 Å². The summed E-state index contributed by atoms with van der Waals surface area (Å²) < 4.78 is 30.7. The third kappa shape index (κ3) is 58.2. The Hall–Kier alpha value is -2.29. The molecule has 3 unspecified atom stereocenters. The van der Waals surface area contributed by atoms with Gasteiger partial charge in [0.15, 0.2) is 0 Å². The molecule has 9 nitrogen and oxygen atoms in total. The predicted molar refractivity (Wildman–Crippen MR) is 332 cm³/mol. The first kappa shape index (κ1) is 74.7. The maximum absolute atomic E-state index is 13.5. The van der Waals surface area contributed by atoms with Crippen molar-refractivity contribution in [2.45, 2.75) is 315 Å². The fourth-order valence-corrected chi connectivity index (χ4v) is 10.1. The third-order valence-electron chi connectivity index (χ3n) is 14.5. The van der Waals surface area contributed by atoms with E-state index in [2.05, 4.69) is 74.7 Å². The Bertz CT molecular complexity index is 1500. The minimum Gasteiger partial charge on any atom is -0.456 e. The van der Waals surface area contributed by atoms with Crippen LogP contribution in [0.15, 0.2) is 60.8 Å². The zero-order valence-electron chi connectivity index (χ0n) is 51.5. The lowest BCUT2D eigenvalue weighted by Crippen LogP contribution is -2.47. The van der Waals surface area contributed by atoms with Crippen molar-refractivity contribution < 1.29 is 37.3 Å². The number of nitrogens with one attached hydrogen (secondary N) is 1. The van der Waals surface area contributed by atoms with Gasteiger partial charge in [-0.25, -0.2) is 4.57 Å². The van der Waals surface area contributed by atoms with Gasteiger partial charge in [-0.1, -0.05) is 262 Å². The SMILES string of the molecule is CCCCC/C=C\C/C=C\CCCCCCCCCCCCCCCC(=O)OC(/C=C\CCCCCCCCCCCCC)C(COP(=O)(O)OCC[N+](C)(C)C)NC(=O)CCCCCCCC/C=C/C=C/CCCCC. The maximum Gasteiger partial charge on any atom is 0.472 e. The number of quaternary nitrogens is 1. The van der Waals surface area contributed by atoms with Crippen LogP contribution in [0.25, 0.3) is 0 Å². The molecule has 2 N–H and O–H groups in total. The van der Waals surface area contributed by atoms with E-state index in [4.69, 9.17) is 13.8 Å². The number of ether oxygens (including phenoxy) is 1. The van der Waals surface area contributed by atoms with E-state index in [9.17, 15) is 19.0 Å². The number of phosphoric acid groups is 1. The highest BCUT2D eigenvalue weighted by Gasteiger charge is 2.30. The summed E-state index contributed by atoms with van der Waals surface area (Å²) in [4.78, 5) is 37.8. The van der Waals surface area contributed by atoms with Gasteiger partial charge in [-0.3, -0.25) is 18.6 Å². The van der Waals surface area contributed by atoms with Gasteiger partial charge in [0.05, 0.1) is 33.8 Å². The van der Waals surface area contributed by atoms with Crippen LogP contribution in [0.2, 0.25) is 0 Å². The van der Waals surface area contributed by atoms with Crippen molar-refractivity contribution in [2.24, 2.45) is 0 Å². The fraction of sp³-hybridized carbons (Fsp3) is 0.821. The van der Waals surface area contributed by atoms with Crippen LogP contribution in [0.4, 0.5) is 0 Å². The molecule has 0 saturated carbocycles. The Morgan fingerprint density at radius 2 is 0.831 bits per heavy atom. The standard InChI is InChI=1S/C67H125N2O7P/c1-7-10-13-16-19-22-25-28-30-31-32-33-34-35-36-37-39-42-45-48-51-54-57-60-67(71)76-65(58-55-52-49-46-43-40-27-24-21-18-15-12-9-3)64(63-75-77(72,73)74-62-61-69(4,5)6)68-66(70)59-56-53-50-47-44-41-38-29-26-23-20-17-14-11-8-2/h19-20,22-23,26,28-30,55,58,64-65H,7-18,21,24-25,27,31-54,56-57,59-63H2,1-6H3,(H-,68,70,72,73)/p+1/b22-19-,23-20+,29-26+,30-28-,58-55-. The predicted octanol–water partition coefficient (Wildman–Crippen LogP) is 20.2. The molecule has 1 amide bonds. The van der Waals surface area contributed by atoms with Crippen LogP contribution in [0.1, 0.15) is 303 Å². The van der Waals surface area contributed by atoms with Gasteiger partial charge in [0, 0.05) is 12.8 Å². The molecule has 0 aliphatic carbocycles. The average Bonchev–Trinajstić information content (AvgIpc) is 3.39. The van der Waals surface area contributed by atoms with Gasteiger partial charge >= 0.3 is 13.8 Å². The second-order valence-electron chi connectivity index (χ2n) is 23.3. The van der Waals surface area contributed by atoms with E-state index < -0.39 is 20.0 Å². The summed E-state index contributed by atoms with van der Waals surface area (Å²) in [7, 11) is 1.49. The smallest absolute Gasteiger partial charge is 0.456 e. The summed E-state index contributed by atoms with van der Waals surface area (Å²) in [5.74, 6) is -0.511. The number of phosphoric ester groups is 1. The number of hydrogen-bond acceptors (Lipinski definition) is 6. The van der Waals surface area contributed by atoms with Gasteiger partial charge in [0.25, 0.3) is 0 Å². The molecule has 0 saturated heterocycles. The van der Waals surface area contributed by atoms with Crippen molar-refractivity contribution >= 4 is 19.7 Å². The number of esters is 1. The molecule has 0 spiro atoms. The number of amides is 1. The zero-order valence-corrected chi connectivity index (χ0v) is 52.3. The minimum absolute atomic E-state index is 0.0373. The topological polar surface area (TPSA) is 111 Å². The van der Waals surface area contributed by atoms with Crippen LogP contribution in [0.3, 0.4) is 0 Å². The number of allylic oxidation sites excluding steroid dienone is 9. The van der Waals surface area contributed by atoms with Gasteiger partial charge in [0.2, 0.25) is 5.91 Å². The monoisotopic (exact) mass is 1100 g/mol. The normalized spacial score (nSPS) is 14.0. The molecule has 3 atom stereocenters. The third-order valence-corrected chi connectivity index (χ3v) is 15.4. The first-order valence-electron chi connectivity index (χ1n) is 32.6. The van der Waals surface area contributed by atoms with Gasteiger partial charge in [-0.2, -0.15) is 0 Å². The Labute approximate surface area is 477 Å². The lowest BCUT2D eigenvalue weighted by molar-refractivity contribution is -0.870. The van der Waals surface area contributed by atoms with Gasteiger partial charge in [-0.05, 0) is 89.5 Å². The maximum atomic E-state index is 13.5. The molecule has 0 aliphatic heterocycles. The molecule has 450 valence electrons. The number of carbonyl (C=O) groups is 2. The molecule has 0 rings (SSSR count). The van der Waals surface area contributed by atoms with Crippen LogP contribution in [0, 0.1) is 0 Å². The van der Waals surface area contributed by atoms with E-state index in [1.165, 1.54) is 186 Å². The first-order chi connectivity index (χ1) is 37.4. The lowest BCUT2D eigenvalue weighted by Gasteiger charge is -2.27. The summed E-state index contributed by atoms with van der Waals surface area (Å²) in [5, 5.41) is 3.06. The Kier molecular flexibility index (Phi) is 55.3. The minimum atomic E-state index is -4.45. The Morgan fingerprint density at radius 1 is 0.468 bits per heavy atom. The summed E-state index contributed by atoms with van der Waals surface area (Å²) >= 11 is 0. The highest BCUT2D eigenvalue weighted by molar-refractivity contribution is 7.47. The van der Waals surface area contributed by atoms with Crippen molar-refractivity contribution in [3.8, 4) is 0 Å². The number of hydrogen-bond donors (Lipinski definition) is 2. The first-order valence-corrected chi connectivity index (χ1v) is 34.1. The van der Waals surface area contributed by atoms with E-state index in [0.717, 1.165) is 83.5 Å². The van der Waals surface area contributed by atoms with Gasteiger partial charge in [-0.15, -0.1) is 0 Å². The van der Waals surface area contributed by atoms with Crippen LogP contribution in [-0.2, 0) is 27.9 Å².